The molecule has 94 heavy (non-hydrogen) atoms. The summed E-state index contributed by atoms with van der Waals surface area (Å²) < 4.78 is 4.85. The fraction of sp³-hybridized carbons (Fsp3) is 0.0233. The first-order valence-electron chi connectivity index (χ1n) is 31.8. The Balaban J connectivity index is 0.959. The quantitative estimate of drug-likeness (QED) is 0.121. The maximum atomic E-state index is 5.46. The number of fused-ring (bicyclic) bond motifs is 6. The van der Waals surface area contributed by atoms with Gasteiger partial charge in [-0.2, -0.15) is 0 Å². The van der Waals surface area contributed by atoms with Crippen LogP contribution in [0.2, 0.25) is 0 Å². The minimum Gasteiger partial charge on any atom is -0.309 e. The summed E-state index contributed by atoms with van der Waals surface area (Å²) in [7, 11) is 0. The van der Waals surface area contributed by atoms with Crippen molar-refractivity contribution in [3.05, 3.63) is 327 Å². The highest BCUT2D eigenvalue weighted by Gasteiger charge is 2.26. The molecule has 4 heterocycles. The zero-order valence-electron chi connectivity index (χ0n) is 51.6. The Morgan fingerprint density at radius 2 is 0.500 bits per heavy atom. The average Bonchev–Trinajstić information content (AvgIpc) is 1.54. The van der Waals surface area contributed by atoms with Gasteiger partial charge < -0.3 is 9.13 Å². The molecule has 442 valence electrons. The summed E-state index contributed by atoms with van der Waals surface area (Å²) in [5.74, 6) is 3.39. The molecule has 17 rings (SSSR count). The molecule has 0 saturated carbocycles. The first-order valence-corrected chi connectivity index (χ1v) is 31.8. The van der Waals surface area contributed by atoms with Crippen molar-refractivity contribution in [2.75, 3.05) is 0 Å². The molecule has 0 fully saturated rings. The van der Waals surface area contributed by atoms with Crippen LogP contribution in [0, 0.1) is 13.8 Å². The molecule has 8 nitrogen and oxygen atoms in total. The van der Waals surface area contributed by atoms with Crippen molar-refractivity contribution < 1.29 is 0 Å². The van der Waals surface area contributed by atoms with Crippen LogP contribution in [0.15, 0.2) is 315 Å². The first-order chi connectivity index (χ1) is 46.4. The molecule has 0 atom stereocenters. The van der Waals surface area contributed by atoms with Gasteiger partial charge in [0.05, 0.1) is 33.4 Å². The lowest BCUT2D eigenvalue weighted by Crippen LogP contribution is -2.05. The predicted octanol–water partition coefficient (Wildman–Crippen LogP) is 21.5. The van der Waals surface area contributed by atoms with E-state index >= 15 is 0 Å². The number of hydrogen-bond donors (Lipinski definition) is 0. The topological polar surface area (TPSA) is 87.2 Å². The van der Waals surface area contributed by atoms with Gasteiger partial charge in [-0.05, 0) is 102 Å². The molecule has 13 aromatic carbocycles. The molecule has 0 amide bonds. The molecular weight excluding hydrogens is 1150 g/mol. The molecule has 0 bridgehead atoms. The lowest BCUT2D eigenvalue weighted by atomic mass is 9.91. The van der Waals surface area contributed by atoms with Crippen LogP contribution in [-0.2, 0) is 0 Å². The average molecular weight is 1200 g/mol. The SMILES string of the molecule is Cc1ccc(-c2ccc3c(c2)c2ccccc2n3-c2cccc(-c3nc(-c4ccccc4)nc(-c4ccccc4)n3)c2-c2cccc(-c3c(-c4nc(-c5ccccc5)nc(-c5ccccc5)n4)cccc3-n3c4ccccc4c4cc(-c5ccc(C)cc5)ccc43)c2)cc1. The van der Waals surface area contributed by atoms with Gasteiger partial charge in [0.15, 0.2) is 34.9 Å². The molecule has 0 unspecified atom stereocenters. The van der Waals surface area contributed by atoms with Crippen LogP contribution in [-0.4, -0.2) is 39.0 Å². The molecule has 0 aliphatic carbocycles. The summed E-state index contributed by atoms with van der Waals surface area (Å²) in [6.07, 6.45) is 0. The van der Waals surface area contributed by atoms with Crippen molar-refractivity contribution in [2.24, 2.45) is 0 Å². The van der Waals surface area contributed by atoms with Crippen LogP contribution >= 0.6 is 0 Å². The van der Waals surface area contributed by atoms with E-state index in [1.54, 1.807) is 0 Å². The second kappa shape index (κ2) is 23.4. The Bertz CT molecular complexity index is 5260. The number of aryl methyl sites for hydroxylation is 2. The van der Waals surface area contributed by atoms with Gasteiger partial charge in [-0.25, -0.2) is 29.9 Å². The maximum absolute atomic E-state index is 5.46. The van der Waals surface area contributed by atoms with Crippen LogP contribution in [0.25, 0.3) is 168 Å². The second-order valence-electron chi connectivity index (χ2n) is 24.0. The summed E-state index contributed by atoms with van der Waals surface area (Å²) in [5.41, 5.74) is 22.3. The van der Waals surface area contributed by atoms with E-state index < -0.39 is 0 Å². The summed E-state index contributed by atoms with van der Waals surface area (Å²) in [6, 6.07) is 112. The lowest BCUT2D eigenvalue weighted by molar-refractivity contribution is 1.07. The molecule has 0 spiro atoms. The Morgan fingerprint density at radius 1 is 0.202 bits per heavy atom. The number of rotatable bonds is 12. The third-order valence-corrected chi connectivity index (χ3v) is 18.0. The fourth-order valence-corrected chi connectivity index (χ4v) is 13.4. The minimum atomic E-state index is 0.542. The Hall–Kier alpha value is -12.5. The van der Waals surface area contributed by atoms with Crippen molar-refractivity contribution in [1.29, 1.82) is 0 Å². The van der Waals surface area contributed by atoms with Crippen LogP contribution in [0.4, 0.5) is 0 Å². The molecule has 17 aromatic rings. The Labute approximate surface area is 544 Å². The van der Waals surface area contributed by atoms with Crippen LogP contribution in [0.3, 0.4) is 0 Å². The number of para-hydroxylation sites is 2. The third kappa shape index (κ3) is 9.98. The molecular formula is C86H58N8. The summed E-state index contributed by atoms with van der Waals surface area (Å²) in [5, 5.41) is 4.59. The molecule has 0 N–H and O–H groups in total. The highest BCUT2D eigenvalue weighted by Crippen LogP contribution is 2.47. The van der Waals surface area contributed by atoms with Gasteiger partial charge in [0.25, 0.3) is 0 Å². The minimum absolute atomic E-state index is 0.542. The smallest absolute Gasteiger partial charge is 0.164 e. The largest absolute Gasteiger partial charge is 0.309 e. The van der Waals surface area contributed by atoms with Crippen molar-refractivity contribution in [1.82, 2.24) is 39.0 Å². The van der Waals surface area contributed by atoms with E-state index in [9.17, 15) is 0 Å². The fourth-order valence-electron chi connectivity index (χ4n) is 13.4. The summed E-state index contributed by atoms with van der Waals surface area (Å²) >= 11 is 0. The number of benzene rings is 13. The predicted molar refractivity (Wildman–Crippen MR) is 386 cm³/mol. The standard InChI is InChI=1S/C86H58N8/c1-55-40-44-57(45-41-55)63-48-50-75-71(53-63)67-32-15-17-36-73(67)93(75)77-38-20-34-69(85-89-81(59-22-7-3-8-23-59)87-82(90-85)60-24-9-4-10-25-60)79(77)65-30-19-31-66(52-65)80-70(86-91-83(61-26-11-5-12-27-61)88-84(92-86)62-28-13-6-14-29-62)35-21-39-78(80)94-74-37-18-16-33-68(74)72-54-64(49-51-76(72)94)58-46-42-56(2)43-47-58/h3-54H,1-2H3. The highest BCUT2D eigenvalue weighted by molar-refractivity contribution is 6.13. The summed E-state index contributed by atoms with van der Waals surface area (Å²) in [6.45, 7) is 4.27. The zero-order chi connectivity index (χ0) is 62.6. The van der Waals surface area contributed by atoms with Crippen LogP contribution in [0.5, 0.6) is 0 Å². The van der Waals surface area contributed by atoms with Crippen LogP contribution in [0.1, 0.15) is 11.1 Å². The van der Waals surface area contributed by atoms with E-state index in [1.165, 1.54) is 22.3 Å². The van der Waals surface area contributed by atoms with E-state index in [2.05, 4.69) is 266 Å². The van der Waals surface area contributed by atoms with E-state index in [-0.39, 0.29) is 0 Å². The van der Waals surface area contributed by atoms with Gasteiger partial charge in [0.2, 0.25) is 0 Å². The van der Waals surface area contributed by atoms with Gasteiger partial charge in [0, 0.05) is 66.1 Å². The Morgan fingerprint density at radius 3 is 0.872 bits per heavy atom. The third-order valence-electron chi connectivity index (χ3n) is 18.0. The van der Waals surface area contributed by atoms with E-state index in [0.29, 0.717) is 34.9 Å². The van der Waals surface area contributed by atoms with Gasteiger partial charge >= 0.3 is 0 Å². The first kappa shape index (κ1) is 55.5. The van der Waals surface area contributed by atoms with Crippen molar-refractivity contribution in [2.45, 2.75) is 13.8 Å². The Kier molecular flexibility index (Phi) is 13.8. The van der Waals surface area contributed by atoms with E-state index in [4.69, 9.17) is 29.9 Å². The molecule has 0 aliphatic rings. The highest BCUT2D eigenvalue weighted by atomic mass is 15.1. The van der Waals surface area contributed by atoms with Crippen molar-refractivity contribution >= 4 is 43.6 Å². The number of hydrogen-bond acceptors (Lipinski definition) is 6. The lowest BCUT2D eigenvalue weighted by Gasteiger charge is -2.21. The molecule has 0 radical (unpaired) electrons. The van der Waals surface area contributed by atoms with Gasteiger partial charge in [-0.15, -0.1) is 0 Å². The van der Waals surface area contributed by atoms with Crippen molar-refractivity contribution in [3.8, 4) is 124 Å². The normalized spacial score (nSPS) is 11.5. The van der Waals surface area contributed by atoms with Crippen molar-refractivity contribution in [3.63, 3.8) is 0 Å². The summed E-state index contributed by atoms with van der Waals surface area (Å²) in [4.78, 5) is 32.2. The molecule has 4 aromatic heterocycles. The molecule has 0 aliphatic heterocycles. The maximum Gasteiger partial charge on any atom is 0.164 e. The number of nitrogens with zero attached hydrogens (tertiary/aromatic N) is 8. The molecule has 0 saturated heterocycles. The molecule has 8 heteroatoms. The zero-order valence-corrected chi connectivity index (χ0v) is 51.6. The van der Waals surface area contributed by atoms with E-state index in [0.717, 1.165) is 122 Å². The number of aromatic nitrogens is 8. The monoisotopic (exact) mass is 1200 g/mol. The van der Waals surface area contributed by atoms with Gasteiger partial charge in [-0.1, -0.05) is 272 Å². The van der Waals surface area contributed by atoms with Gasteiger partial charge in [-0.3, -0.25) is 0 Å². The van der Waals surface area contributed by atoms with Gasteiger partial charge in [0.1, 0.15) is 0 Å². The second-order valence-corrected chi connectivity index (χ2v) is 24.0. The van der Waals surface area contributed by atoms with E-state index in [1.807, 2.05) is 72.8 Å². The van der Waals surface area contributed by atoms with Crippen LogP contribution < -0.4 is 0 Å².